The summed E-state index contributed by atoms with van der Waals surface area (Å²) in [5, 5.41) is 9.15. The van der Waals surface area contributed by atoms with E-state index in [2.05, 4.69) is 16.8 Å². The van der Waals surface area contributed by atoms with Crippen molar-refractivity contribution in [1.82, 2.24) is 14.5 Å². The van der Waals surface area contributed by atoms with Crippen molar-refractivity contribution in [3.8, 4) is 0 Å². The summed E-state index contributed by atoms with van der Waals surface area (Å²) in [6.45, 7) is 3.11. The monoisotopic (exact) mass is 261 g/mol. The van der Waals surface area contributed by atoms with Gasteiger partial charge < -0.3 is 14.6 Å². The second kappa shape index (κ2) is 5.40. The number of rotatable bonds is 5. The van der Waals surface area contributed by atoms with Crippen LogP contribution in [0, 0.1) is 0 Å². The Morgan fingerprint density at radius 2 is 2.21 bits per heavy atom. The van der Waals surface area contributed by atoms with Gasteiger partial charge in [-0.15, -0.1) is 0 Å². The molecule has 1 aromatic carbocycles. The van der Waals surface area contributed by atoms with Crippen LogP contribution in [-0.4, -0.2) is 46.2 Å². The smallest absolute Gasteiger partial charge is 0.337 e. The third-order valence-electron chi connectivity index (χ3n) is 3.30. The molecule has 0 fully saturated rings. The van der Waals surface area contributed by atoms with E-state index in [9.17, 15) is 4.79 Å². The summed E-state index contributed by atoms with van der Waals surface area (Å²) in [5.41, 5.74) is 1.70. The molecule has 1 unspecified atom stereocenters. The number of benzene rings is 1. The molecule has 0 amide bonds. The van der Waals surface area contributed by atoms with Crippen LogP contribution in [0.1, 0.15) is 29.7 Å². The first-order valence-electron chi connectivity index (χ1n) is 6.34. The molecule has 0 radical (unpaired) electrons. The number of carboxylic acids is 1. The van der Waals surface area contributed by atoms with E-state index >= 15 is 0 Å². The van der Waals surface area contributed by atoms with Crippen molar-refractivity contribution in [2.24, 2.45) is 0 Å². The molecule has 0 saturated carbocycles. The zero-order valence-corrected chi connectivity index (χ0v) is 11.5. The van der Waals surface area contributed by atoms with E-state index < -0.39 is 5.97 Å². The summed E-state index contributed by atoms with van der Waals surface area (Å²) >= 11 is 0. The Balaban J connectivity index is 2.35. The molecule has 5 heteroatoms. The molecule has 0 bridgehead atoms. The lowest BCUT2D eigenvalue weighted by Crippen LogP contribution is -2.17. The van der Waals surface area contributed by atoms with Gasteiger partial charge in [0, 0.05) is 6.04 Å². The van der Waals surface area contributed by atoms with Crippen LogP contribution in [0.2, 0.25) is 0 Å². The highest BCUT2D eigenvalue weighted by Gasteiger charge is 2.15. The maximum absolute atomic E-state index is 11.2. The molecule has 1 aromatic heterocycles. The van der Waals surface area contributed by atoms with Gasteiger partial charge in [0.25, 0.3) is 0 Å². The molecule has 1 heterocycles. The molecule has 0 spiro atoms. The molecule has 1 N–H and O–H groups in total. The standard InChI is InChI=1S/C14H19N3O2/c1-10(7-8-16(2)3)17-9-15-13-11(14(18)19)5-4-6-12(13)17/h4-6,9-10H,7-8H2,1-3H3,(H,18,19). The van der Waals surface area contributed by atoms with Gasteiger partial charge in [0.1, 0.15) is 5.52 Å². The minimum absolute atomic E-state index is 0.260. The van der Waals surface area contributed by atoms with Crippen LogP contribution in [0.15, 0.2) is 24.5 Å². The molecular weight excluding hydrogens is 242 g/mol. The Hall–Kier alpha value is -1.88. The van der Waals surface area contributed by atoms with Crippen molar-refractivity contribution in [2.75, 3.05) is 20.6 Å². The molecule has 2 rings (SSSR count). The fourth-order valence-corrected chi connectivity index (χ4v) is 2.17. The third kappa shape index (κ3) is 2.76. The lowest BCUT2D eigenvalue weighted by atomic mass is 10.1. The molecule has 0 aliphatic rings. The Bertz CT molecular complexity index is 589. The molecule has 19 heavy (non-hydrogen) atoms. The molecule has 0 saturated heterocycles. The Morgan fingerprint density at radius 1 is 1.47 bits per heavy atom. The Morgan fingerprint density at radius 3 is 2.84 bits per heavy atom. The minimum atomic E-state index is -0.934. The molecule has 0 aliphatic heterocycles. The van der Waals surface area contributed by atoms with Crippen molar-refractivity contribution in [1.29, 1.82) is 0 Å². The van der Waals surface area contributed by atoms with Crippen LogP contribution in [0.25, 0.3) is 11.0 Å². The lowest BCUT2D eigenvalue weighted by Gasteiger charge is -2.17. The number of aromatic carboxylic acids is 1. The van der Waals surface area contributed by atoms with E-state index in [1.54, 1.807) is 18.5 Å². The van der Waals surface area contributed by atoms with E-state index in [1.165, 1.54) is 0 Å². The fourth-order valence-electron chi connectivity index (χ4n) is 2.17. The number of aromatic nitrogens is 2. The van der Waals surface area contributed by atoms with Crippen molar-refractivity contribution in [3.05, 3.63) is 30.1 Å². The maximum atomic E-state index is 11.2. The number of hydrogen-bond acceptors (Lipinski definition) is 3. The van der Waals surface area contributed by atoms with Crippen molar-refractivity contribution in [2.45, 2.75) is 19.4 Å². The molecule has 102 valence electrons. The number of fused-ring (bicyclic) bond motifs is 1. The summed E-state index contributed by atoms with van der Waals surface area (Å²) in [4.78, 5) is 17.5. The summed E-state index contributed by atoms with van der Waals surface area (Å²) in [6, 6.07) is 5.56. The van der Waals surface area contributed by atoms with Crippen LogP contribution in [0.4, 0.5) is 0 Å². The van der Waals surface area contributed by atoms with Crippen LogP contribution in [0.5, 0.6) is 0 Å². The summed E-state index contributed by atoms with van der Waals surface area (Å²) < 4.78 is 2.05. The first kappa shape index (κ1) is 13.5. The van der Waals surface area contributed by atoms with Crippen molar-refractivity contribution >= 4 is 17.0 Å². The fraction of sp³-hybridized carbons (Fsp3) is 0.429. The van der Waals surface area contributed by atoms with Gasteiger partial charge in [0.2, 0.25) is 0 Å². The Kier molecular flexibility index (Phi) is 3.85. The zero-order chi connectivity index (χ0) is 14.0. The van der Waals surface area contributed by atoms with E-state index in [4.69, 9.17) is 5.11 Å². The van der Waals surface area contributed by atoms with Crippen molar-refractivity contribution in [3.63, 3.8) is 0 Å². The van der Waals surface area contributed by atoms with Gasteiger partial charge in [-0.2, -0.15) is 0 Å². The highest BCUT2D eigenvalue weighted by Crippen LogP contribution is 2.22. The van der Waals surface area contributed by atoms with Crippen LogP contribution < -0.4 is 0 Å². The number of hydrogen-bond donors (Lipinski definition) is 1. The minimum Gasteiger partial charge on any atom is -0.478 e. The number of carbonyl (C=O) groups is 1. The molecule has 2 aromatic rings. The average molecular weight is 261 g/mol. The third-order valence-corrected chi connectivity index (χ3v) is 3.30. The normalized spacial score (nSPS) is 13.1. The predicted molar refractivity (Wildman–Crippen MR) is 74.6 cm³/mol. The van der Waals surface area contributed by atoms with Gasteiger partial charge in [0.15, 0.2) is 0 Å². The van der Waals surface area contributed by atoms with Gasteiger partial charge in [-0.05, 0) is 46.1 Å². The number of carboxylic acid groups (broad SMARTS) is 1. The number of imidazole rings is 1. The first-order chi connectivity index (χ1) is 9.00. The summed E-state index contributed by atoms with van der Waals surface area (Å²) in [5.74, 6) is -0.934. The molecule has 0 aliphatic carbocycles. The summed E-state index contributed by atoms with van der Waals surface area (Å²) in [7, 11) is 4.09. The average Bonchev–Trinajstić information content (AvgIpc) is 2.79. The second-order valence-corrected chi connectivity index (χ2v) is 5.07. The van der Waals surface area contributed by atoms with Crippen LogP contribution in [0.3, 0.4) is 0 Å². The molecular formula is C14H19N3O2. The van der Waals surface area contributed by atoms with Gasteiger partial charge in [-0.25, -0.2) is 9.78 Å². The van der Waals surface area contributed by atoms with Crippen molar-refractivity contribution < 1.29 is 9.90 Å². The van der Waals surface area contributed by atoms with E-state index in [-0.39, 0.29) is 11.6 Å². The molecule has 1 atom stereocenters. The van der Waals surface area contributed by atoms with E-state index in [1.807, 2.05) is 24.7 Å². The van der Waals surface area contributed by atoms with Gasteiger partial charge in [0.05, 0.1) is 17.4 Å². The number of nitrogens with zero attached hydrogens (tertiary/aromatic N) is 3. The maximum Gasteiger partial charge on any atom is 0.337 e. The van der Waals surface area contributed by atoms with Crippen LogP contribution in [-0.2, 0) is 0 Å². The van der Waals surface area contributed by atoms with E-state index in [0.29, 0.717) is 5.52 Å². The quantitative estimate of drug-likeness (QED) is 0.896. The number of para-hydroxylation sites is 1. The van der Waals surface area contributed by atoms with E-state index in [0.717, 1.165) is 18.5 Å². The topological polar surface area (TPSA) is 58.4 Å². The molecule has 5 nitrogen and oxygen atoms in total. The largest absolute Gasteiger partial charge is 0.478 e. The predicted octanol–water partition coefficient (Wildman–Crippen LogP) is 2.25. The Labute approximate surface area is 112 Å². The van der Waals surface area contributed by atoms with Crippen LogP contribution >= 0.6 is 0 Å². The first-order valence-corrected chi connectivity index (χ1v) is 6.34. The highest BCUT2D eigenvalue weighted by atomic mass is 16.4. The van der Waals surface area contributed by atoms with Gasteiger partial charge in [-0.1, -0.05) is 6.07 Å². The van der Waals surface area contributed by atoms with Gasteiger partial charge >= 0.3 is 5.97 Å². The lowest BCUT2D eigenvalue weighted by molar-refractivity contribution is 0.0699. The SMILES string of the molecule is CC(CCN(C)C)n1cnc2c(C(=O)O)cccc21. The summed E-state index contributed by atoms with van der Waals surface area (Å²) in [6.07, 6.45) is 2.73. The zero-order valence-electron chi connectivity index (χ0n) is 11.5. The second-order valence-electron chi connectivity index (χ2n) is 5.07. The van der Waals surface area contributed by atoms with Gasteiger partial charge in [-0.3, -0.25) is 0 Å². The highest BCUT2D eigenvalue weighted by molar-refractivity contribution is 6.00.